The van der Waals surface area contributed by atoms with Crippen molar-refractivity contribution >= 4 is 16.5 Å². The van der Waals surface area contributed by atoms with Crippen molar-refractivity contribution in [1.29, 1.82) is 0 Å². The van der Waals surface area contributed by atoms with E-state index >= 15 is 0 Å². The van der Waals surface area contributed by atoms with Crippen molar-refractivity contribution in [2.45, 2.75) is 6.10 Å². The number of aliphatic hydroxyl groups is 1. The van der Waals surface area contributed by atoms with Gasteiger partial charge in [-0.3, -0.25) is 4.90 Å². The van der Waals surface area contributed by atoms with E-state index < -0.39 is 6.10 Å². The second-order valence-corrected chi connectivity index (χ2v) is 6.18. The lowest BCUT2D eigenvalue weighted by atomic mass is 10.3. The maximum atomic E-state index is 10.2. The third-order valence-electron chi connectivity index (χ3n) is 3.46. The summed E-state index contributed by atoms with van der Waals surface area (Å²) in [6.07, 6.45) is 1.06. The third kappa shape index (κ3) is 3.80. The standard InChI is InChI=1S/C13H19N5O3S/c1-17(8-10(19)9-18-3-6-20-7-4-18)13-15-14-12(22-13)11-2-5-21-16-11/h2,5,10,19H,3-4,6-9H2,1H3/t10-/m1/s1. The smallest absolute Gasteiger partial charge is 0.208 e. The first-order chi connectivity index (χ1) is 10.7. The molecule has 22 heavy (non-hydrogen) atoms. The van der Waals surface area contributed by atoms with Crippen LogP contribution in [0.4, 0.5) is 5.13 Å². The largest absolute Gasteiger partial charge is 0.390 e. The topological polar surface area (TPSA) is 87.8 Å². The summed E-state index contributed by atoms with van der Waals surface area (Å²) in [5.41, 5.74) is 0.672. The van der Waals surface area contributed by atoms with E-state index in [1.807, 2.05) is 11.9 Å². The lowest BCUT2D eigenvalue weighted by Gasteiger charge is -2.29. The number of anilines is 1. The average Bonchev–Trinajstić information content (AvgIpc) is 3.19. The molecule has 0 spiro atoms. The van der Waals surface area contributed by atoms with Gasteiger partial charge < -0.3 is 19.3 Å². The average molecular weight is 325 g/mol. The fourth-order valence-corrected chi connectivity index (χ4v) is 3.11. The number of aromatic nitrogens is 3. The summed E-state index contributed by atoms with van der Waals surface area (Å²) >= 11 is 1.42. The molecule has 1 N–H and O–H groups in total. The molecule has 2 aromatic rings. The molecule has 3 heterocycles. The number of nitrogens with zero attached hydrogens (tertiary/aromatic N) is 5. The second kappa shape index (κ2) is 7.14. The zero-order valence-electron chi connectivity index (χ0n) is 12.4. The minimum atomic E-state index is -0.442. The van der Waals surface area contributed by atoms with E-state index in [1.54, 1.807) is 6.07 Å². The summed E-state index contributed by atoms with van der Waals surface area (Å²) in [6, 6.07) is 1.75. The number of rotatable bonds is 6. The van der Waals surface area contributed by atoms with Gasteiger partial charge in [-0.2, -0.15) is 0 Å². The maximum Gasteiger partial charge on any atom is 0.208 e. The van der Waals surface area contributed by atoms with Gasteiger partial charge in [0.25, 0.3) is 0 Å². The lowest BCUT2D eigenvalue weighted by molar-refractivity contribution is 0.0162. The molecule has 0 unspecified atom stereocenters. The molecule has 120 valence electrons. The van der Waals surface area contributed by atoms with Crippen molar-refractivity contribution in [2.24, 2.45) is 0 Å². The molecule has 1 aliphatic heterocycles. The van der Waals surface area contributed by atoms with E-state index in [0.29, 0.717) is 23.8 Å². The minimum Gasteiger partial charge on any atom is -0.390 e. The fraction of sp³-hybridized carbons (Fsp3) is 0.615. The van der Waals surface area contributed by atoms with Crippen LogP contribution in [0.25, 0.3) is 10.7 Å². The number of hydrogen-bond acceptors (Lipinski definition) is 9. The van der Waals surface area contributed by atoms with Gasteiger partial charge in [0.2, 0.25) is 5.13 Å². The van der Waals surface area contributed by atoms with Crippen LogP contribution >= 0.6 is 11.3 Å². The molecule has 0 aromatic carbocycles. The number of ether oxygens (including phenoxy) is 1. The van der Waals surface area contributed by atoms with Gasteiger partial charge in [-0.25, -0.2) is 0 Å². The molecule has 9 heteroatoms. The van der Waals surface area contributed by atoms with Crippen LogP contribution in [-0.4, -0.2) is 77.9 Å². The molecule has 2 aromatic heterocycles. The Morgan fingerprint density at radius 3 is 2.95 bits per heavy atom. The van der Waals surface area contributed by atoms with E-state index in [0.717, 1.165) is 31.4 Å². The number of hydrogen-bond donors (Lipinski definition) is 1. The highest BCUT2D eigenvalue weighted by Crippen LogP contribution is 2.26. The summed E-state index contributed by atoms with van der Waals surface area (Å²) in [5, 5.41) is 23.8. The first-order valence-electron chi connectivity index (χ1n) is 7.16. The molecule has 0 amide bonds. The molecule has 8 nitrogen and oxygen atoms in total. The molecule has 0 aliphatic carbocycles. The fourth-order valence-electron chi connectivity index (χ4n) is 2.33. The second-order valence-electron chi connectivity index (χ2n) is 5.22. The highest BCUT2D eigenvalue weighted by atomic mass is 32.1. The SMILES string of the molecule is CN(C[C@@H](O)CN1CCOCC1)c1nnc(-c2ccon2)s1. The van der Waals surface area contributed by atoms with E-state index in [1.165, 1.54) is 17.6 Å². The van der Waals surface area contributed by atoms with Gasteiger partial charge in [0, 0.05) is 39.3 Å². The van der Waals surface area contributed by atoms with Gasteiger partial charge in [0.15, 0.2) is 5.01 Å². The molecular formula is C13H19N5O3S. The summed E-state index contributed by atoms with van der Waals surface area (Å²) in [4.78, 5) is 4.12. The quantitative estimate of drug-likeness (QED) is 0.812. The molecule has 0 saturated carbocycles. The van der Waals surface area contributed by atoms with Gasteiger partial charge in [0.1, 0.15) is 12.0 Å². The first kappa shape index (κ1) is 15.3. The van der Waals surface area contributed by atoms with Gasteiger partial charge in [-0.1, -0.05) is 16.5 Å². The molecule has 0 bridgehead atoms. The zero-order valence-corrected chi connectivity index (χ0v) is 13.2. The molecule has 3 rings (SSSR count). The van der Waals surface area contributed by atoms with Crippen molar-refractivity contribution in [3.8, 4) is 10.7 Å². The Labute approximate surface area is 132 Å². The molecule has 0 radical (unpaired) electrons. The van der Waals surface area contributed by atoms with Crippen LogP contribution in [-0.2, 0) is 4.74 Å². The minimum absolute atomic E-state index is 0.442. The van der Waals surface area contributed by atoms with Crippen LogP contribution in [0, 0.1) is 0 Å². The Kier molecular flexibility index (Phi) is 4.98. The molecule has 1 atom stereocenters. The molecule has 1 fully saturated rings. The molecule has 1 aliphatic rings. The van der Waals surface area contributed by atoms with Crippen molar-refractivity contribution in [2.75, 3.05) is 51.3 Å². The predicted octanol–water partition coefficient (Wildman–Crippen LogP) is 0.322. The monoisotopic (exact) mass is 325 g/mol. The zero-order chi connectivity index (χ0) is 15.4. The highest BCUT2D eigenvalue weighted by molar-refractivity contribution is 7.18. The summed E-state index contributed by atoms with van der Waals surface area (Å²) < 4.78 is 10.1. The van der Waals surface area contributed by atoms with E-state index in [2.05, 4.69) is 20.3 Å². The summed E-state index contributed by atoms with van der Waals surface area (Å²) in [7, 11) is 1.90. The van der Waals surface area contributed by atoms with Gasteiger partial charge in [-0.05, 0) is 0 Å². The van der Waals surface area contributed by atoms with Crippen LogP contribution in [0.5, 0.6) is 0 Å². The predicted molar refractivity (Wildman–Crippen MR) is 81.9 cm³/mol. The van der Waals surface area contributed by atoms with E-state index in [-0.39, 0.29) is 0 Å². The Morgan fingerprint density at radius 2 is 2.23 bits per heavy atom. The number of morpholine rings is 1. The van der Waals surface area contributed by atoms with Gasteiger partial charge >= 0.3 is 0 Å². The number of likely N-dealkylation sites (N-methyl/N-ethyl adjacent to an activating group) is 1. The van der Waals surface area contributed by atoms with E-state index in [9.17, 15) is 5.11 Å². The molecule has 1 saturated heterocycles. The Hall–Kier alpha value is -1.55. The van der Waals surface area contributed by atoms with Crippen LogP contribution in [0.1, 0.15) is 0 Å². The van der Waals surface area contributed by atoms with Crippen LogP contribution in [0.3, 0.4) is 0 Å². The Morgan fingerprint density at radius 1 is 1.41 bits per heavy atom. The van der Waals surface area contributed by atoms with Crippen molar-refractivity contribution in [1.82, 2.24) is 20.3 Å². The van der Waals surface area contributed by atoms with Crippen molar-refractivity contribution in [3.05, 3.63) is 12.3 Å². The highest BCUT2D eigenvalue weighted by Gasteiger charge is 2.18. The van der Waals surface area contributed by atoms with Crippen LogP contribution < -0.4 is 4.90 Å². The van der Waals surface area contributed by atoms with Crippen LogP contribution in [0.2, 0.25) is 0 Å². The van der Waals surface area contributed by atoms with Gasteiger partial charge in [0.05, 0.1) is 19.3 Å². The Balaban J connectivity index is 1.53. The first-order valence-corrected chi connectivity index (χ1v) is 7.97. The third-order valence-corrected chi connectivity index (χ3v) is 4.52. The normalized spacial score (nSPS) is 17.5. The summed E-state index contributed by atoms with van der Waals surface area (Å²) in [6.45, 7) is 4.36. The molecular weight excluding hydrogens is 306 g/mol. The summed E-state index contributed by atoms with van der Waals surface area (Å²) in [5.74, 6) is 0. The van der Waals surface area contributed by atoms with Crippen molar-refractivity contribution < 1.29 is 14.4 Å². The number of β-amino-alcohol motifs (C(OH)–C–C–N with tert-alkyl or cyclic N) is 1. The number of aliphatic hydroxyl groups excluding tert-OH is 1. The Bertz CT molecular complexity index is 570. The van der Waals surface area contributed by atoms with E-state index in [4.69, 9.17) is 9.26 Å². The van der Waals surface area contributed by atoms with Crippen molar-refractivity contribution in [3.63, 3.8) is 0 Å². The maximum absolute atomic E-state index is 10.2. The van der Waals surface area contributed by atoms with Gasteiger partial charge in [-0.15, -0.1) is 10.2 Å². The van der Waals surface area contributed by atoms with Crippen LogP contribution in [0.15, 0.2) is 16.9 Å². The lowest BCUT2D eigenvalue weighted by Crippen LogP contribution is -2.44.